The first-order valence-corrected chi connectivity index (χ1v) is 10.4. The summed E-state index contributed by atoms with van der Waals surface area (Å²) in [5.74, 6) is 0.635. The molecule has 1 unspecified atom stereocenters. The average molecular weight is 415 g/mol. The van der Waals surface area contributed by atoms with E-state index >= 15 is 0 Å². The number of amides is 1. The quantitative estimate of drug-likeness (QED) is 0.686. The first kappa shape index (κ1) is 20.7. The highest BCUT2D eigenvalue weighted by Gasteiger charge is 2.35. The smallest absolute Gasteiger partial charge is 0.268 e. The molecule has 1 atom stereocenters. The number of nitrogens with zero attached hydrogens (tertiary/aromatic N) is 2. The Morgan fingerprint density at radius 3 is 2.60 bits per heavy atom. The maximum Gasteiger partial charge on any atom is 0.268 e. The maximum atomic E-state index is 11.9. The molecule has 0 bridgehead atoms. The van der Waals surface area contributed by atoms with Crippen molar-refractivity contribution in [1.29, 1.82) is 0 Å². The molecule has 162 valence electrons. The molecule has 2 aliphatic rings. The van der Waals surface area contributed by atoms with Crippen molar-refractivity contribution in [3.8, 4) is 0 Å². The van der Waals surface area contributed by atoms with Crippen LogP contribution in [0.25, 0.3) is 11.1 Å². The molecule has 1 aliphatic heterocycles. The Morgan fingerprint density at radius 2 is 2.00 bits per heavy atom. The van der Waals surface area contributed by atoms with E-state index in [0.29, 0.717) is 34.2 Å². The molecule has 8 heteroatoms. The number of nitrogens with two attached hydrogens (primary N) is 1. The number of carbonyl (C=O) groups is 1. The fraction of sp³-hybridized carbons (Fsp3) is 0.545. The van der Waals surface area contributed by atoms with Gasteiger partial charge in [0.15, 0.2) is 17.7 Å². The standard InChI is InChI=1S/C22H29N3O5/c1-12-25(18(11-29-12)20(23)27)17-9-19-16(8-15(17)22(2,3)28)24-21(30-19)14-6-4-13(10-26)5-7-14/h8-9,11-14,26,28H,4-7,10H2,1-3H3,(H2,23,27)/t12?,13-,14-. The van der Waals surface area contributed by atoms with E-state index in [2.05, 4.69) is 0 Å². The van der Waals surface area contributed by atoms with Crippen LogP contribution in [0.4, 0.5) is 5.69 Å². The van der Waals surface area contributed by atoms with Crippen LogP contribution in [0.5, 0.6) is 0 Å². The van der Waals surface area contributed by atoms with Gasteiger partial charge in [0.05, 0.1) is 11.3 Å². The van der Waals surface area contributed by atoms with Gasteiger partial charge in [0.1, 0.15) is 17.5 Å². The number of benzene rings is 1. The molecule has 1 saturated carbocycles. The molecule has 1 amide bonds. The Hall–Kier alpha value is -2.58. The first-order valence-electron chi connectivity index (χ1n) is 10.4. The van der Waals surface area contributed by atoms with Crippen LogP contribution in [-0.4, -0.2) is 33.9 Å². The lowest BCUT2D eigenvalue weighted by Gasteiger charge is -2.30. The molecule has 1 fully saturated rings. The van der Waals surface area contributed by atoms with E-state index in [1.807, 2.05) is 0 Å². The number of ether oxygens (including phenoxy) is 1. The zero-order chi connectivity index (χ0) is 21.6. The molecular weight excluding hydrogens is 386 g/mol. The Bertz CT molecular complexity index is 983. The number of aliphatic hydroxyl groups is 2. The second-order valence-electron chi connectivity index (χ2n) is 8.82. The lowest BCUT2D eigenvalue weighted by molar-refractivity contribution is -0.114. The third-order valence-corrected chi connectivity index (χ3v) is 6.15. The highest BCUT2D eigenvalue weighted by molar-refractivity contribution is 5.97. The van der Waals surface area contributed by atoms with Crippen LogP contribution >= 0.6 is 0 Å². The second-order valence-corrected chi connectivity index (χ2v) is 8.82. The Labute approximate surface area is 175 Å². The predicted octanol–water partition coefficient (Wildman–Crippen LogP) is 2.83. The largest absolute Gasteiger partial charge is 0.476 e. The summed E-state index contributed by atoms with van der Waals surface area (Å²) in [6, 6.07) is 3.60. The van der Waals surface area contributed by atoms with E-state index < -0.39 is 17.7 Å². The molecule has 0 radical (unpaired) electrons. The van der Waals surface area contributed by atoms with Crippen molar-refractivity contribution in [1.82, 2.24) is 4.98 Å². The van der Waals surface area contributed by atoms with Crippen LogP contribution in [-0.2, 0) is 15.1 Å². The molecule has 8 nitrogen and oxygen atoms in total. The summed E-state index contributed by atoms with van der Waals surface area (Å²) in [5.41, 5.74) is 7.01. The molecule has 0 saturated heterocycles. The van der Waals surface area contributed by atoms with Crippen LogP contribution in [0.15, 0.2) is 28.5 Å². The summed E-state index contributed by atoms with van der Waals surface area (Å²) in [6.07, 6.45) is 4.65. The predicted molar refractivity (Wildman–Crippen MR) is 111 cm³/mol. The number of carbonyl (C=O) groups excluding carboxylic acids is 1. The van der Waals surface area contributed by atoms with E-state index in [0.717, 1.165) is 25.7 Å². The Kier molecular flexibility index (Phi) is 5.23. The number of aliphatic hydroxyl groups excluding tert-OH is 1. The number of hydrogen-bond donors (Lipinski definition) is 3. The topological polar surface area (TPSA) is 122 Å². The molecule has 4 rings (SSSR count). The molecular formula is C22H29N3O5. The van der Waals surface area contributed by atoms with E-state index in [9.17, 15) is 15.0 Å². The third-order valence-electron chi connectivity index (χ3n) is 6.15. The second kappa shape index (κ2) is 7.59. The summed E-state index contributed by atoms with van der Waals surface area (Å²) < 4.78 is 11.6. The number of rotatable bonds is 5. The van der Waals surface area contributed by atoms with Gasteiger partial charge in [-0.15, -0.1) is 0 Å². The van der Waals surface area contributed by atoms with E-state index in [4.69, 9.17) is 19.9 Å². The molecule has 4 N–H and O–H groups in total. The van der Waals surface area contributed by atoms with Crippen molar-refractivity contribution in [2.24, 2.45) is 11.7 Å². The zero-order valence-electron chi connectivity index (χ0n) is 17.6. The minimum absolute atomic E-state index is 0.212. The van der Waals surface area contributed by atoms with E-state index in [1.165, 1.54) is 6.26 Å². The summed E-state index contributed by atoms with van der Waals surface area (Å²) in [6.45, 7) is 5.40. The van der Waals surface area contributed by atoms with Crippen molar-refractivity contribution in [2.75, 3.05) is 11.5 Å². The Morgan fingerprint density at radius 1 is 1.30 bits per heavy atom. The molecule has 2 heterocycles. The number of hydrogen-bond acceptors (Lipinski definition) is 7. The van der Waals surface area contributed by atoms with E-state index in [-0.39, 0.29) is 18.2 Å². The van der Waals surface area contributed by atoms with Crippen LogP contribution in [0.2, 0.25) is 0 Å². The van der Waals surface area contributed by atoms with Crippen LogP contribution < -0.4 is 10.6 Å². The van der Waals surface area contributed by atoms with Gasteiger partial charge in [0.2, 0.25) is 0 Å². The Balaban J connectivity index is 1.77. The van der Waals surface area contributed by atoms with Gasteiger partial charge in [-0.05, 0) is 58.4 Å². The van der Waals surface area contributed by atoms with Crippen molar-refractivity contribution in [2.45, 2.75) is 64.2 Å². The van der Waals surface area contributed by atoms with Crippen molar-refractivity contribution in [3.05, 3.63) is 35.5 Å². The lowest BCUT2D eigenvalue weighted by atomic mass is 9.82. The SMILES string of the molecule is CC1OC=C(C(N)=O)N1c1cc2oc([C@H]3CC[C@H](CO)CC3)nc2cc1C(C)(C)O. The van der Waals surface area contributed by atoms with Gasteiger partial charge in [-0.3, -0.25) is 9.69 Å². The van der Waals surface area contributed by atoms with Crippen LogP contribution in [0.1, 0.15) is 63.8 Å². The summed E-state index contributed by atoms with van der Waals surface area (Å²) in [7, 11) is 0. The number of oxazole rings is 1. The van der Waals surface area contributed by atoms with Crippen molar-refractivity contribution >= 4 is 22.7 Å². The monoisotopic (exact) mass is 415 g/mol. The van der Waals surface area contributed by atoms with Crippen LogP contribution in [0, 0.1) is 5.92 Å². The van der Waals surface area contributed by atoms with Gasteiger partial charge in [-0.1, -0.05) is 0 Å². The first-order chi connectivity index (χ1) is 14.2. The highest BCUT2D eigenvalue weighted by atomic mass is 16.5. The normalized spacial score (nSPS) is 24.8. The van der Waals surface area contributed by atoms with Crippen molar-refractivity contribution < 1.29 is 24.2 Å². The van der Waals surface area contributed by atoms with Gasteiger partial charge in [-0.2, -0.15) is 0 Å². The average Bonchev–Trinajstić information content (AvgIpc) is 3.29. The molecule has 1 aliphatic carbocycles. The van der Waals surface area contributed by atoms with Gasteiger partial charge >= 0.3 is 0 Å². The molecule has 1 aromatic heterocycles. The van der Waals surface area contributed by atoms with Gasteiger partial charge in [0, 0.05) is 24.2 Å². The molecule has 1 aromatic carbocycles. The number of aromatic nitrogens is 1. The number of primary amides is 1. The van der Waals surface area contributed by atoms with Gasteiger partial charge in [-0.25, -0.2) is 4.98 Å². The zero-order valence-corrected chi connectivity index (χ0v) is 17.6. The minimum Gasteiger partial charge on any atom is -0.476 e. The lowest BCUT2D eigenvalue weighted by Crippen LogP contribution is -2.36. The summed E-state index contributed by atoms with van der Waals surface area (Å²) in [5, 5.41) is 20.2. The van der Waals surface area contributed by atoms with Crippen molar-refractivity contribution in [3.63, 3.8) is 0 Å². The molecule has 30 heavy (non-hydrogen) atoms. The van der Waals surface area contributed by atoms with Gasteiger partial charge in [0.25, 0.3) is 5.91 Å². The van der Waals surface area contributed by atoms with Crippen LogP contribution in [0.3, 0.4) is 0 Å². The summed E-state index contributed by atoms with van der Waals surface area (Å²) >= 11 is 0. The fourth-order valence-corrected chi connectivity index (χ4v) is 4.42. The molecule has 2 aromatic rings. The highest BCUT2D eigenvalue weighted by Crippen LogP contribution is 2.41. The minimum atomic E-state index is -1.19. The maximum absolute atomic E-state index is 11.9. The number of anilines is 1. The summed E-state index contributed by atoms with van der Waals surface area (Å²) in [4.78, 5) is 18.3. The van der Waals surface area contributed by atoms with E-state index in [1.54, 1.807) is 37.8 Å². The third kappa shape index (κ3) is 3.65. The number of fused-ring (bicyclic) bond motifs is 1. The fourth-order valence-electron chi connectivity index (χ4n) is 4.42. The van der Waals surface area contributed by atoms with Gasteiger partial charge < -0.3 is 25.1 Å². The molecule has 0 spiro atoms.